The highest BCUT2D eigenvalue weighted by Gasteiger charge is 2.40. The van der Waals surface area contributed by atoms with E-state index in [4.69, 9.17) is 26.8 Å². The molecule has 196 valence electrons. The molecule has 1 saturated carbocycles. The SMILES string of the molecule is COc1cc2ncnc(Nc3cccc(Cl)c3F)c2cc1O[C@H]1CC[C@@H](N2C[C@H](O)C[C@@H]2C(N)=O)CC1. The molecule has 0 radical (unpaired) electrons. The topological polar surface area (TPSA) is 123 Å². The monoisotopic (exact) mass is 529 g/mol. The minimum Gasteiger partial charge on any atom is -0.493 e. The lowest BCUT2D eigenvalue weighted by molar-refractivity contribution is -0.123. The maximum atomic E-state index is 14.5. The largest absolute Gasteiger partial charge is 0.493 e. The average molecular weight is 530 g/mol. The number of nitrogens with zero attached hydrogens (tertiary/aromatic N) is 3. The van der Waals surface area contributed by atoms with E-state index in [2.05, 4.69) is 15.3 Å². The van der Waals surface area contributed by atoms with Gasteiger partial charge in [-0.1, -0.05) is 17.7 Å². The van der Waals surface area contributed by atoms with Crippen molar-refractivity contribution in [3.05, 3.63) is 47.5 Å². The first-order valence-corrected chi connectivity index (χ1v) is 12.7. The van der Waals surface area contributed by atoms with Crippen LogP contribution in [0.25, 0.3) is 10.9 Å². The van der Waals surface area contributed by atoms with Gasteiger partial charge in [0.15, 0.2) is 17.3 Å². The molecule has 2 fully saturated rings. The van der Waals surface area contributed by atoms with Gasteiger partial charge >= 0.3 is 0 Å². The van der Waals surface area contributed by atoms with Crippen molar-refractivity contribution in [2.45, 2.75) is 56.4 Å². The maximum Gasteiger partial charge on any atom is 0.234 e. The third-order valence-corrected chi connectivity index (χ3v) is 7.47. The predicted octanol–water partition coefficient (Wildman–Crippen LogP) is 3.79. The number of primary amides is 1. The molecule has 9 nitrogen and oxygen atoms in total. The van der Waals surface area contributed by atoms with Crippen molar-refractivity contribution in [3.8, 4) is 11.5 Å². The Morgan fingerprint density at radius 3 is 2.73 bits per heavy atom. The molecule has 1 aliphatic heterocycles. The van der Waals surface area contributed by atoms with E-state index in [1.54, 1.807) is 31.4 Å². The normalized spacial score (nSPS) is 24.2. The van der Waals surface area contributed by atoms with E-state index in [0.29, 0.717) is 41.2 Å². The van der Waals surface area contributed by atoms with Gasteiger partial charge in [0, 0.05) is 24.0 Å². The summed E-state index contributed by atoms with van der Waals surface area (Å²) in [6.07, 6.45) is 4.37. The van der Waals surface area contributed by atoms with Crippen molar-refractivity contribution in [1.82, 2.24) is 14.9 Å². The number of aliphatic hydroxyl groups is 1. The summed E-state index contributed by atoms with van der Waals surface area (Å²) in [6.45, 7) is 0.464. The van der Waals surface area contributed by atoms with Crippen LogP contribution in [0.2, 0.25) is 5.02 Å². The summed E-state index contributed by atoms with van der Waals surface area (Å²) in [5, 5.41) is 13.7. The Balaban J connectivity index is 1.34. The molecule has 11 heteroatoms. The van der Waals surface area contributed by atoms with Crippen LogP contribution in [-0.4, -0.2) is 63.8 Å². The molecule has 0 bridgehead atoms. The molecule has 2 aromatic carbocycles. The third-order valence-electron chi connectivity index (χ3n) is 7.18. The fourth-order valence-electron chi connectivity index (χ4n) is 5.34. The lowest BCUT2D eigenvalue weighted by Gasteiger charge is -2.37. The van der Waals surface area contributed by atoms with Gasteiger partial charge in [0.1, 0.15) is 12.1 Å². The molecule has 3 aromatic rings. The molecule has 37 heavy (non-hydrogen) atoms. The van der Waals surface area contributed by atoms with Gasteiger partial charge in [0.05, 0.1) is 41.6 Å². The number of carbonyl (C=O) groups excluding carboxylic acids is 1. The number of ether oxygens (including phenoxy) is 2. The average Bonchev–Trinajstić information content (AvgIpc) is 3.29. The number of halogens is 2. The van der Waals surface area contributed by atoms with Gasteiger partial charge in [-0.15, -0.1) is 0 Å². The van der Waals surface area contributed by atoms with Crippen molar-refractivity contribution < 1.29 is 23.8 Å². The number of nitrogens with one attached hydrogen (secondary N) is 1. The minimum absolute atomic E-state index is 0.00949. The Bertz CT molecular complexity index is 1300. The molecular formula is C26H29ClFN5O4. The van der Waals surface area contributed by atoms with Gasteiger partial charge in [-0.25, -0.2) is 14.4 Å². The molecule has 1 saturated heterocycles. The summed E-state index contributed by atoms with van der Waals surface area (Å²) >= 11 is 5.93. The van der Waals surface area contributed by atoms with Gasteiger partial charge in [0.2, 0.25) is 5.91 Å². The van der Waals surface area contributed by atoms with Crippen LogP contribution in [0.4, 0.5) is 15.9 Å². The van der Waals surface area contributed by atoms with Crippen LogP contribution < -0.4 is 20.5 Å². The Hall–Kier alpha value is -3.21. The number of hydrogen-bond acceptors (Lipinski definition) is 8. The molecule has 2 heterocycles. The zero-order valence-electron chi connectivity index (χ0n) is 20.4. The number of methoxy groups -OCH3 is 1. The lowest BCUT2D eigenvalue weighted by Crippen LogP contribution is -2.48. The van der Waals surface area contributed by atoms with Crippen LogP contribution in [0.3, 0.4) is 0 Å². The molecule has 2 atom stereocenters. The Morgan fingerprint density at radius 1 is 1.22 bits per heavy atom. The third kappa shape index (κ3) is 5.27. The Morgan fingerprint density at radius 2 is 2.00 bits per heavy atom. The number of fused-ring (bicyclic) bond motifs is 1. The number of nitrogens with two attached hydrogens (primary N) is 1. The fraction of sp³-hybridized carbons (Fsp3) is 0.423. The van der Waals surface area contributed by atoms with Crippen LogP contribution in [0, 0.1) is 5.82 Å². The summed E-state index contributed by atoms with van der Waals surface area (Å²) in [6, 6.07) is 8.02. The van der Waals surface area contributed by atoms with Crippen LogP contribution in [-0.2, 0) is 4.79 Å². The predicted molar refractivity (Wildman–Crippen MR) is 138 cm³/mol. The summed E-state index contributed by atoms with van der Waals surface area (Å²) in [5.41, 5.74) is 6.38. The van der Waals surface area contributed by atoms with E-state index in [1.807, 2.05) is 4.90 Å². The van der Waals surface area contributed by atoms with E-state index in [9.17, 15) is 14.3 Å². The molecule has 1 aromatic heterocycles. The number of carbonyl (C=O) groups is 1. The van der Waals surface area contributed by atoms with Crippen molar-refractivity contribution in [2.24, 2.45) is 5.73 Å². The van der Waals surface area contributed by atoms with Gasteiger partial charge in [-0.3, -0.25) is 9.69 Å². The van der Waals surface area contributed by atoms with E-state index >= 15 is 0 Å². The number of rotatable bonds is 7. The Kier molecular flexibility index (Phi) is 7.32. The molecular weight excluding hydrogens is 501 g/mol. The number of aliphatic hydroxyl groups excluding tert-OH is 1. The Labute approximate surface area is 218 Å². The second kappa shape index (κ2) is 10.6. The first kappa shape index (κ1) is 25.4. The highest BCUT2D eigenvalue weighted by atomic mass is 35.5. The number of aromatic nitrogens is 2. The van der Waals surface area contributed by atoms with Crippen LogP contribution in [0.5, 0.6) is 11.5 Å². The van der Waals surface area contributed by atoms with E-state index < -0.39 is 18.0 Å². The van der Waals surface area contributed by atoms with Crippen LogP contribution in [0.15, 0.2) is 36.7 Å². The zero-order valence-corrected chi connectivity index (χ0v) is 21.1. The quantitative estimate of drug-likeness (QED) is 0.422. The smallest absolute Gasteiger partial charge is 0.234 e. The lowest BCUT2D eigenvalue weighted by atomic mass is 9.91. The van der Waals surface area contributed by atoms with E-state index in [1.165, 1.54) is 12.4 Å². The van der Waals surface area contributed by atoms with Crippen molar-refractivity contribution in [1.29, 1.82) is 0 Å². The van der Waals surface area contributed by atoms with Crippen molar-refractivity contribution >= 4 is 39.9 Å². The molecule has 4 N–H and O–H groups in total. The number of anilines is 2. The fourth-order valence-corrected chi connectivity index (χ4v) is 5.51. The molecule has 5 rings (SSSR count). The summed E-state index contributed by atoms with van der Waals surface area (Å²) < 4.78 is 26.5. The molecule has 0 spiro atoms. The highest BCUT2D eigenvalue weighted by Crippen LogP contribution is 2.38. The van der Waals surface area contributed by atoms with E-state index in [0.717, 1.165) is 25.7 Å². The minimum atomic E-state index is -0.568. The number of amides is 1. The molecule has 0 unspecified atom stereocenters. The number of likely N-dealkylation sites (tertiary alicyclic amines) is 1. The van der Waals surface area contributed by atoms with Gasteiger partial charge in [0.25, 0.3) is 0 Å². The highest BCUT2D eigenvalue weighted by molar-refractivity contribution is 6.31. The second-order valence-electron chi connectivity index (χ2n) is 9.52. The number of hydrogen-bond donors (Lipinski definition) is 3. The first-order valence-electron chi connectivity index (χ1n) is 12.3. The van der Waals surface area contributed by atoms with E-state index in [-0.39, 0.29) is 28.8 Å². The van der Waals surface area contributed by atoms with Crippen LogP contribution >= 0.6 is 11.6 Å². The van der Waals surface area contributed by atoms with Crippen LogP contribution in [0.1, 0.15) is 32.1 Å². The molecule has 2 aliphatic rings. The first-order chi connectivity index (χ1) is 17.8. The van der Waals surface area contributed by atoms with Crippen molar-refractivity contribution in [2.75, 3.05) is 19.0 Å². The standard InChI is InChI=1S/C26H29ClFN5O4/c1-36-22-11-20-17(26(31-13-30-20)32-19-4-2-3-18(27)24(19)28)10-23(22)37-16-7-5-14(6-8-16)33-12-15(34)9-21(33)25(29)35/h2-4,10-11,13-16,21,34H,5-9,12H2,1H3,(H2,29,35)(H,30,31,32)/t14-,15-,16+,21-/m1/s1. The van der Waals surface area contributed by atoms with Gasteiger partial charge in [-0.05, 0) is 50.3 Å². The molecule has 1 amide bonds. The molecule has 1 aliphatic carbocycles. The summed E-state index contributed by atoms with van der Waals surface area (Å²) in [5.74, 6) is 0.522. The number of β-amino-alcohol motifs (C(OH)–C–C–N with tert-alkyl or cyclic N) is 1. The number of benzene rings is 2. The van der Waals surface area contributed by atoms with Gasteiger partial charge in [-0.2, -0.15) is 0 Å². The zero-order chi connectivity index (χ0) is 26.1. The second-order valence-corrected chi connectivity index (χ2v) is 9.93. The summed E-state index contributed by atoms with van der Waals surface area (Å²) in [4.78, 5) is 22.5. The van der Waals surface area contributed by atoms with Crippen molar-refractivity contribution in [3.63, 3.8) is 0 Å². The summed E-state index contributed by atoms with van der Waals surface area (Å²) in [7, 11) is 1.56. The van der Waals surface area contributed by atoms with Gasteiger partial charge < -0.3 is 25.6 Å². The maximum absolute atomic E-state index is 14.5.